The van der Waals surface area contributed by atoms with E-state index in [2.05, 4.69) is 5.32 Å². The van der Waals surface area contributed by atoms with Crippen LogP contribution in [0.15, 0.2) is 77.7 Å². The number of morpholine rings is 1. The zero-order valence-electron chi connectivity index (χ0n) is 19.3. The van der Waals surface area contributed by atoms with Gasteiger partial charge in [-0.1, -0.05) is 37.3 Å². The van der Waals surface area contributed by atoms with Crippen LogP contribution in [0.1, 0.15) is 24.8 Å². The van der Waals surface area contributed by atoms with Crippen molar-refractivity contribution in [2.24, 2.45) is 0 Å². The van der Waals surface area contributed by atoms with Gasteiger partial charge in [0.1, 0.15) is 11.6 Å². The molecule has 0 aliphatic carbocycles. The van der Waals surface area contributed by atoms with Gasteiger partial charge in [-0.3, -0.25) is 4.79 Å². The summed E-state index contributed by atoms with van der Waals surface area (Å²) in [5.41, 5.74) is 1.07. The summed E-state index contributed by atoms with van der Waals surface area (Å²) >= 11 is 0. The van der Waals surface area contributed by atoms with E-state index in [1.54, 1.807) is 30.3 Å². The highest BCUT2D eigenvalue weighted by Crippen LogP contribution is 2.33. The van der Waals surface area contributed by atoms with Crippen molar-refractivity contribution in [2.45, 2.75) is 24.2 Å². The average Bonchev–Trinajstić information content (AvgIpc) is 2.86. The van der Waals surface area contributed by atoms with Gasteiger partial charge in [-0.2, -0.15) is 4.31 Å². The molecule has 4 rings (SSSR count). The number of anilines is 1. The predicted molar refractivity (Wildman–Crippen MR) is 131 cm³/mol. The number of benzene rings is 3. The van der Waals surface area contributed by atoms with E-state index in [0.29, 0.717) is 24.7 Å². The van der Waals surface area contributed by atoms with Gasteiger partial charge in [-0.15, -0.1) is 0 Å². The molecule has 7 nitrogen and oxygen atoms in total. The molecule has 1 N–H and O–H groups in total. The minimum atomic E-state index is -3.77. The molecule has 0 saturated carbocycles. The first kappa shape index (κ1) is 24.8. The Labute approximate surface area is 204 Å². The molecular weight excluding hydrogens is 471 g/mol. The van der Waals surface area contributed by atoms with Crippen molar-refractivity contribution < 1.29 is 27.1 Å². The highest BCUT2D eigenvalue weighted by atomic mass is 32.2. The van der Waals surface area contributed by atoms with Crippen LogP contribution in [0.25, 0.3) is 0 Å². The van der Waals surface area contributed by atoms with Gasteiger partial charge in [-0.05, 0) is 53.9 Å². The van der Waals surface area contributed by atoms with Crippen LogP contribution >= 0.6 is 0 Å². The van der Waals surface area contributed by atoms with E-state index in [1.807, 2.05) is 25.1 Å². The number of carbonyl (C=O) groups is 1. The summed E-state index contributed by atoms with van der Waals surface area (Å²) < 4.78 is 52.2. The fraction of sp³-hybridized carbons (Fsp3) is 0.269. The fourth-order valence-electron chi connectivity index (χ4n) is 3.80. The van der Waals surface area contributed by atoms with Crippen molar-refractivity contribution in [3.63, 3.8) is 0 Å². The fourth-order valence-corrected chi connectivity index (χ4v) is 5.23. The Morgan fingerprint density at radius 1 is 1.06 bits per heavy atom. The summed E-state index contributed by atoms with van der Waals surface area (Å²) in [6, 6.07) is 19.4. The zero-order valence-corrected chi connectivity index (χ0v) is 20.1. The SMILES string of the molecule is CC(CC(=O)Nc1cc(S(=O)(=O)N2CCOCC2)ccc1Oc1ccccc1)c1ccc(F)cc1. The van der Waals surface area contributed by atoms with Gasteiger partial charge in [0.15, 0.2) is 5.75 Å². The van der Waals surface area contributed by atoms with Gasteiger partial charge in [0.05, 0.1) is 23.8 Å². The number of amides is 1. The molecule has 1 atom stereocenters. The minimum absolute atomic E-state index is 0.0571. The Bertz CT molecular complexity index is 1260. The summed E-state index contributed by atoms with van der Waals surface area (Å²) in [4.78, 5) is 13.0. The molecule has 1 fully saturated rings. The largest absolute Gasteiger partial charge is 0.455 e. The molecule has 3 aromatic carbocycles. The van der Waals surface area contributed by atoms with E-state index in [4.69, 9.17) is 9.47 Å². The number of sulfonamides is 1. The number of nitrogens with zero attached hydrogens (tertiary/aromatic N) is 1. The van der Waals surface area contributed by atoms with E-state index in [0.717, 1.165) is 5.56 Å². The molecule has 0 bridgehead atoms. The quantitative estimate of drug-likeness (QED) is 0.484. The van der Waals surface area contributed by atoms with Crippen LogP contribution in [0.5, 0.6) is 11.5 Å². The summed E-state index contributed by atoms with van der Waals surface area (Å²) in [5.74, 6) is 0.0350. The lowest BCUT2D eigenvalue weighted by Crippen LogP contribution is -2.40. The smallest absolute Gasteiger partial charge is 0.243 e. The predicted octanol–water partition coefficient (Wildman–Crippen LogP) is 4.77. The Kier molecular flexibility index (Phi) is 7.80. The van der Waals surface area contributed by atoms with Crippen LogP contribution in [0.2, 0.25) is 0 Å². The number of carbonyl (C=O) groups excluding carboxylic acids is 1. The number of ether oxygens (including phenoxy) is 2. The van der Waals surface area contributed by atoms with Crippen LogP contribution in [0.4, 0.5) is 10.1 Å². The molecule has 1 amide bonds. The van der Waals surface area contributed by atoms with Crippen molar-refractivity contribution in [1.29, 1.82) is 0 Å². The first-order chi connectivity index (χ1) is 16.8. The molecule has 1 saturated heterocycles. The van der Waals surface area contributed by atoms with Crippen LogP contribution < -0.4 is 10.1 Å². The Hall–Kier alpha value is -3.27. The van der Waals surface area contributed by atoms with Crippen LogP contribution in [0, 0.1) is 5.82 Å². The Morgan fingerprint density at radius 2 is 1.74 bits per heavy atom. The second-order valence-electron chi connectivity index (χ2n) is 8.29. The molecule has 1 aliphatic heterocycles. The summed E-state index contributed by atoms with van der Waals surface area (Å²) in [5, 5.41) is 2.81. The molecule has 0 radical (unpaired) electrons. The van der Waals surface area contributed by atoms with Gasteiger partial charge in [0.2, 0.25) is 15.9 Å². The third-order valence-electron chi connectivity index (χ3n) is 5.73. The molecule has 0 spiro atoms. The number of hydrogen-bond donors (Lipinski definition) is 1. The van der Waals surface area contributed by atoms with Gasteiger partial charge in [-0.25, -0.2) is 12.8 Å². The molecule has 35 heavy (non-hydrogen) atoms. The molecule has 9 heteroatoms. The third-order valence-corrected chi connectivity index (χ3v) is 7.63. The molecule has 1 unspecified atom stereocenters. The van der Waals surface area contributed by atoms with Gasteiger partial charge in [0, 0.05) is 19.5 Å². The lowest BCUT2D eigenvalue weighted by molar-refractivity contribution is -0.116. The Balaban J connectivity index is 1.59. The number of rotatable bonds is 8. The van der Waals surface area contributed by atoms with Crippen molar-refractivity contribution in [1.82, 2.24) is 4.31 Å². The van der Waals surface area contributed by atoms with Gasteiger partial charge >= 0.3 is 0 Å². The normalized spacial score (nSPS) is 15.4. The maximum atomic E-state index is 13.2. The first-order valence-electron chi connectivity index (χ1n) is 11.3. The maximum absolute atomic E-state index is 13.2. The lowest BCUT2D eigenvalue weighted by Gasteiger charge is -2.26. The maximum Gasteiger partial charge on any atom is 0.243 e. The van der Waals surface area contributed by atoms with Crippen molar-refractivity contribution in [2.75, 3.05) is 31.6 Å². The van der Waals surface area contributed by atoms with E-state index < -0.39 is 10.0 Å². The zero-order chi connectivity index (χ0) is 24.8. The number of nitrogens with one attached hydrogen (secondary N) is 1. The van der Waals surface area contributed by atoms with Crippen molar-refractivity contribution in [3.05, 3.63) is 84.2 Å². The Morgan fingerprint density at radius 3 is 2.43 bits per heavy atom. The standard InChI is InChI=1S/C26H27FN2O5S/c1-19(20-7-9-21(27)10-8-20)17-26(30)28-24-18-23(35(31,32)29-13-15-33-16-14-29)11-12-25(24)34-22-5-3-2-4-6-22/h2-12,18-19H,13-17H2,1H3,(H,28,30). The summed E-state index contributed by atoms with van der Waals surface area (Å²) in [6.07, 6.45) is 0.122. The second-order valence-corrected chi connectivity index (χ2v) is 10.2. The molecule has 184 valence electrons. The van der Waals surface area contributed by atoms with Crippen LogP contribution in [0.3, 0.4) is 0 Å². The average molecular weight is 499 g/mol. The summed E-state index contributed by atoms with van der Waals surface area (Å²) in [6.45, 7) is 3.06. The van der Waals surface area contributed by atoms with Crippen LogP contribution in [-0.4, -0.2) is 44.9 Å². The van der Waals surface area contributed by atoms with E-state index in [-0.39, 0.29) is 47.7 Å². The second kappa shape index (κ2) is 11.0. The minimum Gasteiger partial charge on any atom is -0.455 e. The molecule has 0 aromatic heterocycles. The number of halogens is 1. The molecule has 1 aliphatic rings. The first-order valence-corrected chi connectivity index (χ1v) is 12.8. The van der Waals surface area contributed by atoms with Crippen molar-refractivity contribution >= 4 is 21.6 Å². The number of hydrogen-bond acceptors (Lipinski definition) is 5. The van der Waals surface area contributed by atoms with Crippen molar-refractivity contribution in [3.8, 4) is 11.5 Å². The molecular formula is C26H27FN2O5S. The highest BCUT2D eigenvalue weighted by Gasteiger charge is 2.27. The third kappa shape index (κ3) is 6.25. The van der Waals surface area contributed by atoms with E-state index in [1.165, 1.54) is 28.6 Å². The highest BCUT2D eigenvalue weighted by molar-refractivity contribution is 7.89. The topological polar surface area (TPSA) is 84.9 Å². The van der Waals surface area contributed by atoms with Crippen LogP contribution in [-0.2, 0) is 19.6 Å². The van der Waals surface area contributed by atoms with E-state index >= 15 is 0 Å². The number of para-hydroxylation sites is 1. The van der Waals surface area contributed by atoms with E-state index in [9.17, 15) is 17.6 Å². The van der Waals surface area contributed by atoms with Gasteiger partial charge < -0.3 is 14.8 Å². The summed E-state index contributed by atoms with van der Waals surface area (Å²) in [7, 11) is -3.77. The molecule has 1 heterocycles. The lowest BCUT2D eigenvalue weighted by atomic mass is 9.97. The monoisotopic (exact) mass is 498 g/mol. The van der Waals surface area contributed by atoms with Gasteiger partial charge in [0.25, 0.3) is 0 Å². The molecule has 3 aromatic rings.